The van der Waals surface area contributed by atoms with E-state index in [2.05, 4.69) is 41.5 Å². The summed E-state index contributed by atoms with van der Waals surface area (Å²) in [6.07, 6.45) is 2.93. The normalized spacial score (nSPS) is 56.1. The van der Waals surface area contributed by atoms with Gasteiger partial charge >= 0.3 is 0 Å². The van der Waals surface area contributed by atoms with Crippen LogP contribution >= 0.6 is 0 Å². The molecule has 2 saturated carbocycles. The molecule has 14 heavy (non-hydrogen) atoms. The molecule has 5 atom stereocenters. The largest absolute Gasteiger partial charge is 0.0622 e. The molecule has 0 N–H and O–H groups in total. The van der Waals surface area contributed by atoms with Gasteiger partial charge in [-0.1, -0.05) is 41.5 Å². The Morgan fingerprint density at radius 1 is 1.00 bits per heavy atom. The molecule has 2 aliphatic carbocycles. The maximum absolute atomic E-state index is 2.54. The Morgan fingerprint density at radius 2 is 1.57 bits per heavy atom. The zero-order chi connectivity index (χ0) is 10.7. The smallest absolute Gasteiger partial charge is 0.0243 e. The molecule has 2 fully saturated rings. The first-order chi connectivity index (χ1) is 6.30. The van der Waals surface area contributed by atoms with Gasteiger partial charge in [-0.15, -0.1) is 0 Å². The lowest BCUT2D eigenvalue weighted by atomic mass is 9.59. The summed E-state index contributed by atoms with van der Waals surface area (Å²) >= 11 is 0. The molecule has 0 aromatic carbocycles. The van der Waals surface area contributed by atoms with Gasteiger partial charge < -0.3 is 0 Å². The van der Waals surface area contributed by atoms with Crippen LogP contribution in [-0.2, 0) is 0 Å². The average Bonchev–Trinajstić information content (AvgIpc) is 2.24. The Morgan fingerprint density at radius 3 is 2.14 bits per heavy atom. The van der Waals surface area contributed by atoms with Gasteiger partial charge in [-0.25, -0.2) is 0 Å². The second-order valence-electron chi connectivity index (χ2n) is 6.91. The van der Waals surface area contributed by atoms with Crippen LogP contribution in [0.3, 0.4) is 0 Å². The van der Waals surface area contributed by atoms with Crippen molar-refractivity contribution in [2.45, 2.75) is 54.4 Å². The summed E-state index contributed by atoms with van der Waals surface area (Å²) in [6.45, 7) is 15.0. The number of fused-ring (bicyclic) bond motifs is 2. The predicted molar refractivity (Wildman–Crippen MR) is 62.1 cm³/mol. The molecule has 2 aliphatic rings. The quantitative estimate of drug-likeness (QED) is 0.538. The number of rotatable bonds is 0. The van der Waals surface area contributed by atoms with Crippen molar-refractivity contribution in [3.63, 3.8) is 0 Å². The number of hydrogen-bond donors (Lipinski definition) is 0. The number of hydrogen-bond acceptors (Lipinski definition) is 0. The van der Waals surface area contributed by atoms with Gasteiger partial charge in [0, 0.05) is 0 Å². The maximum Gasteiger partial charge on any atom is -0.0243 e. The molecule has 2 bridgehead atoms. The van der Waals surface area contributed by atoms with Crippen molar-refractivity contribution in [2.24, 2.45) is 34.5 Å². The van der Waals surface area contributed by atoms with E-state index in [1.165, 1.54) is 12.8 Å². The fourth-order valence-electron chi connectivity index (χ4n) is 4.51. The van der Waals surface area contributed by atoms with Gasteiger partial charge in [-0.2, -0.15) is 0 Å². The van der Waals surface area contributed by atoms with E-state index in [1.807, 2.05) is 0 Å². The summed E-state index contributed by atoms with van der Waals surface area (Å²) in [5.74, 6) is 3.77. The van der Waals surface area contributed by atoms with Crippen molar-refractivity contribution in [3.8, 4) is 0 Å². The molecule has 2 rings (SSSR count). The highest BCUT2D eigenvalue weighted by atomic mass is 14.6. The zero-order valence-electron chi connectivity index (χ0n) is 10.7. The van der Waals surface area contributed by atoms with Crippen LogP contribution in [0.4, 0.5) is 0 Å². The Kier molecular flexibility index (Phi) is 2.08. The Hall–Kier alpha value is 0. The highest BCUT2D eigenvalue weighted by molar-refractivity contribution is 5.08. The molecule has 0 radical (unpaired) electrons. The van der Waals surface area contributed by atoms with Crippen LogP contribution in [0.15, 0.2) is 0 Å². The molecule has 0 saturated heterocycles. The summed E-state index contributed by atoms with van der Waals surface area (Å²) in [4.78, 5) is 0. The van der Waals surface area contributed by atoms with E-state index in [4.69, 9.17) is 0 Å². The average molecular weight is 194 g/mol. The Bertz CT molecular complexity index is 240. The lowest BCUT2D eigenvalue weighted by Crippen LogP contribution is -2.39. The lowest BCUT2D eigenvalue weighted by molar-refractivity contribution is 0.0274. The second-order valence-corrected chi connectivity index (χ2v) is 6.91. The van der Waals surface area contributed by atoms with Gasteiger partial charge in [-0.05, 0) is 47.3 Å². The lowest BCUT2D eigenvalue weighted by Gasteiger charge is -2.46. The summed E-state index contributed by atoms with van der Waals surface area (Å²) in [6, 6.07) is 0. The zero-order valence-corrected chi connectivity index (χ0v) is 10.7. The third kappa shape index (κ3) is 1.01. The van der Waals surface area contributed by atoms with E-state index >= 15 is 0 Å². The Labute approximate surface area is 89.5 Å². The summed E-state index contributed by atoms with van der Waals surface area (Å²) in [5, 5.41) is 0. The second kappa shape index (κ2) is 2.77. The monoisotopic (exact) mass is 194 g/mol. The van der Waals surface area contributed by atoms with Gasteiger partial charge in [0.2, 0.25) is 0 Å². The molecule has 0 aromatic heterocycles. The maximum atomic E-state index is 2.54. The molecule has 0 nitrogen and oxygen atoms in total. The first-order valence-electron chi connectivity index (χ1n) is 6.30. The van der Waals surface area contributed by atoms with Crippen LogP contribution in [0.2, 0.25) is 0 Å². The molecule has 0 amide bonds. The molecular weight excluding hydrogens is 168 g/mol. The summed E-state index contributed by atoms with van der Waals surface area (Å²) in [5.41, 5.74) is 1.14. The molecule has 0 heterocycles. The molecule has 0 heteroatoms. The van der Waals surface area contributed by atoms with Crippen molar-refractivity contribution in [2.75, 3.05) is 0 Å². The van der Waals surface area contributed by atoms with Crippen LogP contribution in [0, 0.1) is 34.5 Å². The molecule has 0 aliphatic heterocycles. The van der Waals surface area contributed by atoms with Crippen molar-refractivity contribution >= 4 is 0 Å². The first-order valence-corrected chi connectivity index (χ1v) is 6.30. The van der Waals surface area contributed by atoms with Crippen LogP contribution < -0.4 is 0 Å². The van der Waals surface area contributed by atoms with Crippen molar-refractivity contribution in [1.29, 1.82) is 0 Å². The SMILES string of the molecule is CC1CC(C)C2(C)CC1C(C)C2(C)C. The van der Waals surface area contributed by atoms with Crippen LogP contribution in [0.25, 0.3) is 0 Å². The molecule has 0 spiro atoms. The van der Waals surface area contributed by atoms with Crippen molar-refractivity contribution < 1.29 is 0 Å². The van der Waals surface area contributed by atoms with E-state index in [9.17, 15) is 0 Å². The van der Waals surface area contributed by atoms with E-state index in [0.717, 1.165) is 23.7 Å². The molecular formula is C14H26. The minimum atomic E-state index is 0.543. The minimum absolute atomic E-state index is 0.543. The van der Waals surface area contributed by atoms with Gasteiger partial charge in [-0.3, -0.25) is 0 Å². The van der Waals surface area contributed by atoms with Crippen LogP contribution in [-0.4, -0.2) is 0 Å². The van der Waals surface area contributed by atoms with E-state index in [-0.39, 0.29) is 0 Å². The Balaban J connectivity index is 2.42. The fraction of sp³-hybridized carbons (Fsp3) is 1.00. The van der Waals surface area contributed by atoms with Crippen molar-refractivity contribution in [1.82, 2.24) is 0 Å². The predicted octanol–water partition coefficient (Wildman–Crippen LogP) is 4.35. The summed E-state index contributed by atoms with van der Waals surface area (Å²) in [7, 11) is 0. The standard InChI is InChI=1S/C14H26/c1-9-7-10(2)14(6)8-12(9)11(3)13(14,4)5/h9-12H,7-8H2,1-6H3. The molecule has 0 aromatic rings. The van der Waals surface area contributed by atoms with Gasteiger partial charge in [0.05, 0.1) is 0 Å². The molecule has 5 unspecified atom stereocenters. The third-order valence-corrected chi connectivity index (χ3v) is 6.46. The van der Waals surface area contributed by atoms with Gasteiger partial charge in [0.25, 0.3) is 0 Å². The molecule has 82 valence electrons. The van der Waals surface area contributed by atoms with Gasteiger partial charge in [0.1, 0.15) is 0 Å². The van der Waals surface area contributed by atoms with Crippen molar-refractivity contribution in [3.05, 3.63) is 0 Å². The van der Waals surface area contributed by atoms with Crippen LogP contribution in [0.5, 0.6) is 0 Å². The topological polar surface area (TPSA) is 0 Å². The van der Waals surface area contributed by atoms with E-state index in [1.54, 1.807) is 0 Å². The van der Waals surface area contributed by atoms with Crippen LogP contribution in [0.1, 0.15) is 54.4 Å². The fourth-order valence-corrected chi connectivity index (χ4v) is 4.51. The van der Waals surface area contributed by atoms with Gasteiger partial charge in [0.15, 0.2) is 0 Å². The van der Waals surface area contributed by atoms with E-state index in [0.29, 0.717) is 10.8 Å². The minimum Gasteiger partial charge on any atom is -0.0622 e. The highest BCUT2D eigenvalue weighted by Gasteiger charge is 2.60. The highest BCUT2D eigenvalue weighted by Crippen LogP contribution is 2.67. The summed E-state index contributed by atoms with van der Waals surface area (Å²) < 4.78 is 0. The first kappa shape index (κ1) is 10.5. The third-order valence-electron chi connectivity index (χ3n) is 6.46. The van der Waals surface area contributed by atoms with E-state index < -0.39 is 0 Å².